The number of nitrogens with one attached hydrogen (secondary N) is 4. The lowest BCUT2D eigenvalue weighted by Gasteiger charge is -2.10. The van der Waals surface area contributed by atoms with Crippen molar-refractivity contribution in [2.45, 2.75) is 6.54 Å². The molecule has 7 heteroatoms. The van der Waals surface area contributed by atoms with Crippen LogP contribution < -0.4 is 10.9 Å². The van der Waals surface area contributed by atoms with Gasteiger partial charge in [0, 0.05) is 36.6 Å². The SMILES string of the molecule is O=c1cc(-c2ccc(-c3cc(NCc4ccncc4)nc4[nH]ccc34)cc2)[nH][nH]1. The van der Waals surface area contributed by atoms with E-state index in [1.807, 2.05) is 36.5 Å². The number of pyridine rings is 2. The fourth-order valence-corrected chi connectivity index (χ4v) is 3.38. The molecule has 0 amide bonds. The molecule has 0 aliphatic heterocycles. The molecule has 0 aliphatic rings. The number of benzene rings is 1. The second-order valence-corrected chi connectivity index (χ2v) is 6.75. The van der Waals surface area contributed by atoms with E-state index < -0.39 is 0 Å². The number of H-pyrrole nitrogens is 3. The summed E-state index contributed by atoms with van der Waals surface area (Å²) >= 11 is 0. The molecule has 5 rings (SSSR count). The van der Waals surface area contributed by atoms with E-state index in [9.17, 15) is 4.79 Å². The first-order valence-corrected chi connectivity index (χ1v) is 9.26. The molecule has 4 heterocycles. The second kappa shape index (κ2) is 7.12. The van der Waals surface area contributed by atoms with Gasteiger partial charge in [-0.05, 0) is 46.5 Å². The average molecular weight is 382 g/mol. The van der Waals surface area contributed by atoms with Crippen molar-refractivity contribution in [1.82, 2.24) is 25.1 Å². The van der Waals surface area contributed by atoms with Crippen LogP contribution in [0.1, 0.15) is 5.56 Å². The van der Waals surface area contributed by atoms with Crippen LogP contribution in [0.3, 0.4) is 0 Å². The molecule has 0 spiro atoms. The van der Waals surface area contributed by atoms with Crippen molar-refractivity contribution in [3.63, 3.8) is 0 Å². The molecule has 29 heavy (non-hydrogen) atoms. The Morgan fingerprint density at radius 2 is 1.69 bits per heavy atom. The molecule has 0 saturated carbocycles. The van der Waals surface area contributed by atoms with Crippen LogP contribution in [-0.4, -0.2) is 25.1 Å². The van der Waals surface area contributed by atoms with Crippen molar-refractivity contribution in [2.75, 3.05) is 5.32 Å². The van der Waals surface area contributed by atoms with Crippen LogP contribution in [0.4, 0.5) is 5.82 Å². The van der Waals surface area contributed by atoms with Gasteiger partial charge in [-0.25, -0.2) is 4.98 Å². The number of aromatic amines is 3. The van der Waals surface area contributed by atoms with Gasteiger partial charge in [-0.2, -0.15) is 0 Å². The largest absolute Gasteiger partial charge is 0.366 e. The summed E-state index contributed by atoms with van der Waals surface area (Å²) in [5.41, 5.74) is 5.70. The fraction of sp³-hybridized carbons (Fsp3) is 0.0455. The molecule has 0 unspecified atom stereocenters. The Kier molecular flexibility index (Phi) is 4.18. The van der Waals surface area contributed by atoms with Gasteiger partial charge in [-0.1, -0.05) is 24.3 Å². The maximum absolute atomic E-state index is 11.4. The Hall–Kier alpha value is -4.13. The van der Waals surface area contributed by atoms with Crippen LogP contribution in [0, 0.1) is 0 Å². The molecular formula is C22H18N6O. The molecule has 0 aliphatic carbocycles. The number of rotatable bonds is 5. The Labute approximate surface area is 165 Å². The molecule has 0 bridgehead atoms. The van der Waals surface area contributed by atoms with E-state index in [0.29, 0.717) is 6.54 Å². The van der Waals surface area contributed by atoms with Gasteiger partial charge in [0.2, 0.25) is 0 Å². The number of nitrogens with zero attached hydrogens (tertiary/aromatic N) is 2. The average Bonchev–Trinajstić information content (AvgIpc) is 3.41. The Morgan fingerprint density at radius 1 is 0.897 bits per heavy atom. The maximum atomic E-state index is 11.4. The highest BCUT2D eigenvalue weighted by molar-refractivity contribution is 5.95. The summed E-state index contributed by atoms with van der Waals surface area (Å²) < 4.78 is 0. The van der Waals surface area contributed by atoms with Crippen LogP contribution in [-0.2, 0) is 6.54 Å². The van der Waals surface area contributed by atoms with Gasteiger partial charge < -0.3 is 10.3 Å². The van der Waals surface area contributed by atoms with Crippen molar-refractivity contribution in [3.8, 4) is 22.4 Å². The third-order valence-electron chi connectivity index (χ3n) is 4.85. The lowest BCUT2D eigenvalue weighted by molar-refractivity contribution is 1.06. The minimum Gasteiger partial charge on any atom is -0.366 e. The van der Waals surface area contributed by atoms with Gasteiger partial charge in [0.25, 0.3) is 5.56 Å². The zero-order chi connectivity index (χ0) is 19.6. The highest BCUT2D eigenvalue weighted by atomic mass is 16.1. The quantitative estimate of drug-likeness (QED) is 0.370. The van der Waals surface area contributed by atoms with Gasteiger partial charge >= 0.3 is 0 Å². The summed E-state index contributed by atoms with van der Waals surface area (Å²) in [6, 6.07) is 17.7. The smallest absolute Gasteiger partial charge is 0.264 e. The van der Waals surface area contributed by atoms with E-state index in [-0.39, 0.29) is 5.56 Å². The minimum absolute atomic E-state index is 0.142. The van der Waals surface area contributed by atoms with Crippen LogP contribution in [0.15, 0.2) is 78.0 Å². The predicted octanol–water partition coefficient (Wildman–Crippen LogP) is 3.92. The molecule has 4 N–H and O–H groups in total. The molecule has 5 aromatic rings. The van der Waals surface area contributed by atoms with Gasteiger partial charge in [0.1, 0.15) is 11.5 Å². The van der Waals surface area contributed by atoms with E-state index in [2.05, 4.69) is 48.7 Å². The van der Waals surface area contributed by atoms with Crippen molar-refractivity contribution in [1.29, 1.82) is 0 Å². The van der Waals surface area contributed by atoms with E-state index in [1.165, 1.54) is 0 Å². The highest BCUT2D eigenvalue weighted by Gasteiger charge is 2.10. The third kappa shape index (κ3) is 3.41. The van der Waals surface area contributed by atoms with Gasteiger partial charge in [0.15, 0.2) is 0 Å². The van der Waals surface area contributed by atoms with Crippen molar-refractivity contribution in [2.24, 2.45) is 0 Å². The summed E-state index contributed by atoms with van der Waals surface area (Å²) in [7, 11) is 0. The summed E-state index contributed by atoms with van der Waals surface area (Å²) in [6.07, 6.45) is 5.46. The topological polar surface area (TPSA) is 102 Å². The molecule has 0 atom stereocenters. The van der Waals surface area contributed by atoms with Crippen LogP contribution in [0.25, 0.3) is 33.4 Å². The number of hydrogen-bond donors (Lipinski definition) is 4. The summed E-state index contributed by atoms with van der Waals surface area (Å²) in [5.74, 6) is 0.797. The normalized spacial score (nSPS) is 11.0. The Bertz CT molecular complexity index is 1310. The van der Waals surface area contributed by atoms with Gasteiger partial charge in [0.05, 0.1) is 5.69 Å². The first-order chi connectivity index (χ1) is 14.3. The van der Waals surface area contributed by atoms with Gasteiger partial charge in [-0.15, -0.1) is 0 Å². The molecule has 142 valence electrons. The van der Waals surface area contributed by atoms with Crippen molar-refractivity contribution < 1.29 is 0 Å². The Balaban J connectivity index is 1.48. The van der Waals surface area contributed by atoms with E-state index in [4.69, 9.17) is 0 Å². The zero-order valence-corrected chi connectivity index (χ0v) is 15.4. The molecule has 1 aromatic carbocycles. The monoisotopic (exact) mass is 382 g/mol. The summed E-state index contributed by atoms with van der Waals surface area (Å²) in [5, 5.41) is 9.89. The third-order valence-corrected chi connectivity index (χ3v) is 4.85. The first-order valence-electron chi connectivity index (χ1n) is 9.26. The lowest BCUT2D eigenvalue weighted by Crippen LogP contribution is -2.02. The van der Waals surface area contributed by atoms with E-state index in [0.717, 1.165) is 44.8 Å². The molecule has 4 aromatic heterocycles. The van der Waals surface area contributed by atoms with Crippen molar-refractivity contribution >= 4 is 16.9 Å². The number of hydrogen-bond acceptors (Lipinski definition) is 4. The van der Waals surface area contributed by atoms with Crippen LogP contribution in [0.2, 0.25) is 0 Å². The van der Waals surface area contributed by atoms with E-state index >= 15 is 0 Å². The van der Waals surface area contributed by atoms with Crippen LogP contribution in [0.5, 0.6) is 0 Å². The Morgan fingerprint density at radius 3 is 2.45 bits per heavy atom. The van der Waals surface area contributed by atoms with Gasteiger partial charge in [-0.3, -0.25) is 20.0 Å². The molecule has 0 saturated heterocycles. The minimum atomic E-state index is -0.142. The maximum Gasteiger partial charge on any atom is 0.264 e. The molecular weight excluding hydrogens is 364 g/mol. The highest BCUT2D eigenvalue weighted by Crippen LogP contribution is 2.31. The first kappa shape index (κ1) is 17.0. The number of aromatic nitrogens is 5. The fourth-order valence-electron chi connectivity index (χ4n) is 3.38. The molecule has 7 nitrogen and oxygen atoms in total. The summed E-state index contributed by atoms with van der Waals surface area (Å²) in [6.45, 7) is 0.668. The van der Waals surface area contributed by atoms with Crippen molar-refractivity contribution in [3.05, 3.63) is 89.1 Å². The summed E-state index contributed by atoms with van der Waals surface area (Å²) in [4.78, 5) is 23.3. The standard InChI is InChI=1S/C22H18N6O/c29-21-12-19(27-28-21)16-3-1-15(2-4-16)18-11-20(26-22-17(18)7-10-24-22)25-13-14-5-8-23-9-6-14/h1-12H,13H2,(H2,24,25,26)(H2,27,28,29). The number of anilines is 1. The van der Waals surface area contributed by atoms with E-state index in [1.54, 1.807) is 18.5 Å². The lowest BCUT2D eigenvalue weighted by atomic mass is 10.0. The molecule has 0 fully saturated rings. The van der Waals surface area contributed by atoms with Crippen LogP contribution >= 0.6 is 0 Å². The predicted molar refractivity (Wildman–Crippen MR) is 114 cm³/mol. The molecule has 0 radical (unpaired) electrons. The number of fused-ring (bicyclic) bond motifs is 1. The second-order valence-electron chi connectivity index (χ2n) is 6.75. The zero-order valence-electron chi connectivity index (χ0n) is 15.4.